The summed E-state index contributed by atoms with van der Waals surface area (Å²) in [5.41, 5.74) is 1.78. The first kappa shape index (κ1) is 19.4. The molecule has 144 valence electrons. The van der Waals surface area contributed by atoms with E-state index in [4.69, 9.17) is 13.9 Å². The Hall–Kier alpha value is -3.34. The van der Waals surface area contributed by atoms with Gasteiger partial charge in [0.15, 0.2) is 0 Å². The van der Waals surface area contributed by atoms with Crippen molar-refractivity contribution in [3.05, 3.63) is 77.2 Å². The summed E-state index contributed by atoms with van der Waals surface area (Å²) >= 11 is 0. The fraction of sp³-hybridized carbons (Fsp3) is 0.217. The van der Waals surface area contributed by atoms with Crippen molar-refractivity contribution in [2.45, 2.75) is 13.8 Å². The van der Waals surface area contributed by atoms with Crippen LogP contribution in [0, 0.1) is 5.92 Å². The van der Waals surface area contributed by atoms with Gasteiger partial charge in [-0.2, -0.15) is 0 Å². The monoisotopic (exact) mass is 378 g/mol. The highest BCUT2D eigenvalue weighted by Crippen LogP contribution is 2.24. The molecule has 0 N–H and O–H groups in total. The minimum Gasteiger partial charge on any atom is -0.493 e. The van der Waals surface area contributed by atoms with Crippen molar-refractivity contribution in [2.75, 3.05) is 13.2 Å². The van der Waals surface area contributed by atoms with E-state index in [1.807, 2.05) is 55.5 Å². The summed E-state index contributed by atoms with van der Waals surface area (Å²) in [6.07, 6.45) is 0. The van der Waals surface area contributed by atoms with Crippen molar-refractivity contribution in [2.24, 2.45) is 5.92 Å². The van der Waals surface area contributed by atoms with Crippen molar-refractivity contribution in [3.8, 4) is 16.9 Å². The van der Waals surface area contributed by atoms with Gasteiger partial charge in [-0.05, 0) is 30.7 Å². The lowest BCUT2D eigenvalue weighted by molar-refractivity contribution is -0.140. The maximum Gasteiger partial charge on any atom is 0.344 e. The number of esters is 1. The van der Waals surface area contributed by atoms with E-state index < -0.39 is 11.6 Å². The van der Waals surface area contributed by atoms with Gasteiger partial charge >= 0.3 is 11.6 Å². The van der Waals surface area contributed by atoms with Crippen molar-refractivity contribution in [3.63, 3.8) is 0 Å². The topological polar surface area (TPSA) is 65.7 Å². The van der Waals surface area contributed by atoms with Gasteiger partial charge in [0.05, 0.1) is 18.8 Å². The number of hydrogen-bond donors (Lipinski definition) is 0. The first-order chi connectivity index (χ1) is 13.4. The molecular formula is C23H22O5. The van der Waals surface area contributed by atoms with Crippen LogP contribution < -0.4 is 10.4 Å². The summed E-state index contributed by atoms with van der Waals surface area (Å²) in [4.78, 5) is 23.8. The predicted molar refractivity (Wildman–Crippen MR) is 108 cm³/mol. The molecule has 0 aliphatic heterocycles. The number of fused-ring (bicyclic) bond motifs is 1. The van der Waals surface area contributed by atoms with E-state index >= 15 is 0 Å². The molecule has 0 bridgehead atoms. The van der Waals surface area contributed by atoms with Crippen molar-refractivity contribution < 1.29 is 18.7 Å². The van der Waals surface area contributed by atoms with E-state index in [1.54, 1.807) is 13.0 Å². The number of benzene rings is 2. The van der Waals surface area contributed by atoms with Crippen molar-refractivity contribution in [1.82, 2.24) is 0 Å². The molecule has 1 atom stereocenters. The molecule has 1 heterocycles. The summed E-state index contributed by atoms with van der Waals surface area (Å²) < 4.78 is 16.3. The van der Waals surface area contributed by atoms with E-state index in [2.05, 4.69) is 6.58 Å². The molecule has 0 radical (unpaired) electrons. The Kier molecular flexibility index (Phi) is 5.94. The van der Waals surface area contributed by atoms with Crippen LogP contribution in [0.5, 0.6) is 5.75 Å². The van der Waals surface area contributed by atoms with Crippen LogP contribution in [0.2, 0.25) is 0 Å². The third-order valence-electron chi connectivity index (χ3n) is 4.17. The van der Waals surface area contributed by atoms with Gasteiger partial charge in [-0.1, -0.05) is 43.8 Å². The zero-order valence-corrected chi connectivity index (χ0v) is 15.9. The molecule has 3 rings (SSSR count). The Balaban J connectivity index is 1.70. The second kappa shape index (κ2) is 8.57. The van der Waals surface area contributed by atoms with E-state index in [0.717, 1.165) is 10.9 Å². The highest BCUT2D eigenvalue weighted by molar-refractivity contribution is 5.87. The Morgan fingerprint density at radius 1 is 1.11 bits per heavy atom. The molecule has 0 saturated carbocycles. The van der Waals surface area contributed by atoms with Gasteiger partial charge < -0.3 is 13.9 Å². The molecule has 0 aliphatic rings. The average molecular weight is 378 g/mol. The molecule has 1 aromatic heterocycles. The molecule has 0 fully saturated rings. The molecule has 5 heteroatoms. The highest BCUT2D eigenvalue weighted by atomic mass is 16.5. The van der Waals surface area contributed by atoms with Gasteiger partial charge in [-0.15, -0.1) is 0 Å². The van der Waals surface area contributed by atoms with Crippen LogP contribution in [-0.4, -0.2) is 19.2 Å². The first-order valence-corrected chi connectivity index (χ1v) is 9.03. The second-order valence-electron chi connectivity index (χ2n) is 6.81. The number of rotatable bonds is 7. The van der Waals surface area contributed by atoms with Gasteiger partial charge in [-0.3, -0.25) is 0 Å². The fourth-order valence-electron chi connectivity index (χ4n) is 2.63. The van der Waals surface area contributed by atoms with Crippen LogP contribution >= 0.6 is 0 Å². The minimum absolute atomic E-state index is 0.00598. The lowest BCUT2D eigenvalue weighted by Crippen LogP contribution is -2.18. The van der Waals surface area contributed by atoms with Crippen LogP contribution in [0.4, 0.5) is 0 Å². The third kappa shape index (κ3) is 4.68. The van der Waals surface area contributed by atoms with E-state index in [9.17, 15) is 9.59 Å². The Bertz CT molecular complexity index is 1050. The second-order valence-corrected chi connectivity index (χ2v) is 6.81. The molecular weight excluding hydrogens is 356 g/mol. The molecule has 5 nitrogen and oxygen atoms in total. The molecule has 2 aromatic carbocycles. The van der Waals surface area contributed by atoms with E-state index in [-0.39, 0.29) is 12.5 Å². The number of carbonyl (C=O) groups is 1. The molecule has 28 heavy (non-hydrogen) atoms. The standard InChI is InChI=1S/C23H22O5/c1-15(2)22(24)27-14-16(3)13-26-19-10-9-18-11-20(17-7-5-4-6-8-17)23(25)28-21(18)12-19/h4-12,16H,1,13-14H2,2-3H3. The van der Waals surface area contributed by atoms with Gasteiger partial charge in [0.25, 0.3) is 0 Å². The zero-order chi connectivity index (χ0) is 20.1. The van der Waals surface area contributed by atoms with Crippen LogP contribution in [0.15, 0.2) is 76.0 Å². The lowest BCUT2D eigenvalue weighted by Gasteiger charge is -2.14. The third-order valence-corrected chi connectivity index (χ3v) is 4.17. The molecule has 0 aliphatic carbocycles. The molecule has 0 amide bonds. The smallest absolute Gasteiger partial charge is 0.344 e. The van der Waals surface area contributed by atoms with Crippen LogP contribution in [0.25, 0.3) is 22.1 Å². The largest absolute Gasteiger partial charge is 0.493 e. The van der Waals surface area contributed by atoms with Crippen molar-refractivity contribution in [1.29, 1.82) is 0 Å². The lowest BCUT2D eigenvalue weighted by atomic mass is 10.1. The van der Waals surface area contributed by atoms with Gasteiger partial charge in [0, 0.05) is 22.9 Å². The normalized spacial score (nSPS) is 11.8. The minimum atomic E-state index is -0.409. The predicted octanol–water partition coefficient (Wildman–Crippen LogP) is 4.59. The Morgan fingerprint density at radius 3 is 2.57 bits per heavy atom. The maximum absolute atomic E-state index is 12.4. The first-order valence-electron chi connectivity index (χ1n) is 9.03. The molecule has 1 unspecified atom stereocenters. The molecule has 0 saturated heterocycles. The molecule has 0 spiro atoms. The average Bonchev–Trinajstić information content (AvgIpc) is 2.70. The van der Waals surface area contributed by atoms with E-state index in [1.165, 1.54) is 0 Å². The Labute approximate surface area is 163 Å². The highest BCUT2D eigenvalue weighted by Gasteiger charge is 2.11. The molecule has 3 aromatic rings. The summed E-state index contributed by atoms with van der Waals surface area (Å²) in [5.74, 6) is 0.182. The van der Waals surface area contributed by atoms with Crippen LogP contribution in [-0.2, 0) is 9.53 Å². The summed E-state index contributed by atoms with van der Waals surface area (Å²) in [6.45, 7) is 7.68. The number of ether oxygens (including phenoxy) is 2. The number of carbonyl (C=O) groups excluding carboxylic acids is 1. The van der Waals surface area contributed by atoms with Gasteiger partial charge in [-0.25, -0.2) is 9.59 Å². The summed E-state index contributed by atoms with van der Waals surface area (Å²) in [5, 5.41) is 0.814. The summed E-state index contributed by atoms with van der Waals surface area (Å²) in [6, 6.07) is 16.6. The van der Waals surface area contributed by atoms with E-state index in [0.29, 0.717) is 29.1 Å². The fourth-order valence-corrected chi connectivity index (χ4v) is 2.63. The van der Waals surface area contributed by atoms with Gasteiger partial charge in [0.1, 0.15) is 11.3 Å². The maximum atomic E-state index is 12.4. The van der Waals surface area contributed by atoms with Gasteiger partial charge in [0.2, 0.25) is 0 Å². The van der Waals surface area contributed by atoms with Crippen LogP contribution in [0.3, 0.4) is 0 Å². The zero-order valence-electron chi connectivity index (χ0n) is 15.9. The Morgan fingerprint density at radius 2 is 1.86 bits per heavy atom. The SMILES string of the molecule is C=C(C)C(=O)OCC(C)COc1ccc2cc(-c3ccccc3)c(=O)oc2c1. The van der Waals surface area contributed by atoms with Crippen LogP contribution in [0.1, 0.15) is 13.8 Å². The number of hydrogen-bond acceptors (Lipinski definition) is 5. The van der Waals surface area contributed by atoms with Crippen molar-refractivity contribution >= 4 is 16.9 Å². The summed E-state index contributed by atoms with van der Waals surface area (Å²) in [7, 11) is 0. The quantitative estimate of drug-likeness (QED) is 0.342.